The molecule has 0 aliphatic carbocycles. The molecule has 1 aliphatic heterocycles. The Morgan fingerprint density at radius 2 is 2.03 bits per heavy atom. The summed E-state index contributed by atoms with van der Waals surface area (Å²) in [6.07, 6.45) is 4.03. The molecule has 0 bridgehead atoms. The van der Waals surface area contributed by atoms with Crippen molar-refractivity contribution < 1.29 is 14.0 Å². The Morgan fingerprint density at radius 3 is 2.75 bits per heavy atom. The van der Waals surface area contributed by atoms with E-state index in [2.05, 4.69) is 53.9 Å². The Morgan fingerprint density at radius 1 is 1.22 bits per heavy atom. The predicted octanol–water partition coefficient (Wildman–Crippen LogP) is 4.60. The Balaban J connectivity index is 1.58. The maximum Gasteiger partial charge on any atom is 0.308 e. The van der Waals surface area contributed by atoms with Gasteiger partial charge in [0.25, 0.3) is 0 Å². The molecule has 0 spiro atoms. The lowest BCUT2D eigenvalue weighted by Crippen LogP contribution is -2.49. The van der Waals surface area contributed by atoms with Gasteiger partial charge in [-0.2, -0.15) is 0 Å². The second kappa shape index (κ2) is 9.07. The maximum atomic E-state index is 11.9. The van der Waals surface area contributed by atoms with Crippen molar-refractivity contribution in [1.29, 1.82) is 0 Å². The van der Waals surface area contributed by atoms with Crippen LogP contribution in [-0.4, -0.2) is 46.7 Å². The van der Waals surface area contributed by atoms with E-state index >= 15 is 0 Å². The number of fused-ring (bicyclic) bond motifs is 3. The third-order valence-corrected chi connectivity index (χ3v) is 6.81. The topological polar surface area (TPSA) is 44.1 Å². The first-order valence-corrected chi connectivity index (χ1v) is 11.8. The Hall–Kier alpha value is -2.66. The first-order chi connectivity index (χ1) is 15.3. The van der Waals surface area contributed by atoms with Gasteiger partial charge >= 0.3 is 5.97 Å². The molecule has 1 atom stereocenters. The van der Waals surface area contributed by atoms with Gasteiger partial charge in [0.1, 0.15) is 19.7 Å². The molecule has 1 unspecified atom stereocenters. The number of esters is 1. The number of aryl methyl sites for hydroxylation is 4. The molecule has 1 aromatic carbocycles. The van der Waals surface area contributed by atoms with Crippen LogP contribution in [0.3, 0.4) is 0 Å². The number of rotatable bonds is 7. The fourth-order valence-electron chi connectivity index (χ4n) is 4.76. The van der Waals surface area contributed by atoms with Gasteiger partial charge in [0.05, 0.1) is 19.5 Å². The highest BCUT2D eigenvalue weighted by atomic mass is 16.5. The summed E-state index contributed by atoms with van der Waals surface area (Å²) in [6.45, 7) is 12.3. The van der Waals surface area contributed by atoms with Crippen molar-refractivity contribution in [3.8, 4) is 0 Å². The number of pyridine rings is 1. The molecule has 0 amide bonds. The summed E-state index contributed by atoms with van der Waals surface area (Å²) in [6, 6.07) is 11.1. The summed E-state index contributed by atoms with van der Waals surface area (Å²) in [5.41, 5.74) is 7.91. The van der Waals surface area contributed by atoms with Gasteiger partial charge in [-0.15, -0.1) is 0 Å². The van der Waals surface area contributed by atoms with Crippen molar-refractivity contribution in [1.82, 2.24) is 9.55 Å². The average Bonchev–Trinajstić information content (AvgIpc) is 3.05. The number of aromatic nitrogens is 2. The summed E-state index contributed by atoms with van der Waals surface area (Å²) in [7, 11) is 2.29. The minimum atomic E-state index is -0.105. The van der Waals surface area contributed by atoms with Crippen LogP contribution in [0.25, 0.3) is 10.9 Å². The highest BCUT2D eigenvalue weighted by molar-refractivity contribution is 5.86. The first kappa shape index (κ1) is 22.5. The highest BCUT2D eigenvalue weighted by Crippen LogP contribution is 2.34. The first-order valence-electron chi connectivity index (χ1n) is 11.8. The van der Waals surface area contributed by atoms with E-state index in [0.29, 0.717) is 6.61 Å². The molecule has 0 saturated carbocycles. The normalized spacial score (nSPS) is 18.2. The largest absolute Gasteiger partial charge is 0.459 e. The van der Waals surface area contributed by atoms with E-state index in [-0.39, 0.29) is 11.9 Å². The lowest BCUT2D eigenvalue weighted by atomic mass is 10.0. The molecule has 5 nitrogen and oxygen atoms in total. The van der Waals surface area contributed by atoms with Crippen LogP contribution in [0, 0.1) is 19.8 Å². The number of hydrogen-bond donors (Lipinski definition) is 0. The second-order valence-electron chi connectivity index (χ2n) is 9.95. The summed E-state index contributed by atoms with van der Waals surface area (Å²) in [5, 5.41) is 1.38. The van der Waals surface area contributed by atoms with Crippen LogP contribution in [0.4, 0.5) is 0 Å². The van der Waals surface area contributed by atoms with Crippen molar-refractivity contribution in [3.63, 3.8) is 0 Å². The minimum absolute atomic E-state index is 0.0713. The third kappa shape index (κ3) is 4.73. The van der Waals surface area contributed by atoms with E-state index in [1.807, 2.05) is 27.0 Å². The zero-order valence-electron chi connectivity index (χ0n) is 20.1. The molecule has 2 aromatic heterocycles. The predicted molar refractivity (Wildman–Crippen MR) is 128 cm³/mol. The molecule has 3 heterocycles. The van der Waals surface area contributed by atoms with Gasteiger partial charge in [0.15, 0.2) is 0 Å². The van der Waals surface area contributed by atoms with Crippen molar-refractivity contribution in [2.75, 3.05) is 26.7 Å². The van der Waals surface area contributed by atoms with E-state index in [4.69, 9.17) is 4.74 Å². The van der Waals surface area contributed by atoms with E-state index < -0.39 is 0 Å². The van der Waals surface area contributed by atoms with Crippen molar-refractivity contribution in [2.45, 2.75) is 53.6 Å². The van der Waals surface area contributed by atoms with Crippen molar-refractivity contribution in [2.24, 2.45) is 5.92 Å². The number of carbonyl (C=O) groups excluding carboxylic acids is 1. The summed E-state index contributed by atoms with van der Waals surface area (Å²) < 4.78 is 8.95. The van der Waals surface area contributed by atoms with Crippen molar-refractivity contribution >= 4 is 16.9 Å². The van der Waals surface area contributed by atoms with Gasteiger partial charge in [-0.1, -0.05) is 31.5 Å². The Bertz CT molecular complexity index is 1110. The third-order valence-electron chi connectivity index (χ3n) is 6.81. The standard InChI is InChI=1S/C27H36N3O2/c1-19(2)27(31)32-15-14-30(5)13-11-26-24(18-30)23-16-20(3)6-9-25(23)29(26)12-10-22-8-7-21(4)28-17-22/h6-9,16-17,19H,10-15,18H2,1-5H3/q+1. The summed E-state index contributed by atoms with van der Waals surface area (Å²) in [5.74, 6) is -0.176. The van der Waals surface area contributed by atoms with E-state index in [9.17, 15) is 4.79 Å². The van der Waals surface area contributed by atoms with Gasteiger partial charge in [0.2, 0.25) is 0 Å². The van der Waals surface area contributed by atoms with Crippen LogP contribution in [0.5, 0.6) is 0 Å². The number of benzene rings is 1. The number of carbonyl (C=O) groups is 1. The van der Waals surface area contributed by atoms with E-state index in [1.54, 1.807) is 0 Å². The quantitative estimate of drug-likeness (QED) is 0.403. The fourth-order valence-corrected chi connectivity index (χ4v) is 4.76. The number of likely N-dealkylation sites (N-methyl/N-ethyl adjacent to an activating group) is 1. The van der Waals surface area contributed by atoms with Gasteiger partial charge in [-0.05, 0) is 44.0 Å². The van der Waals surface area contributed by atoms with Crippen LogP contribution < -0.4 is 0 Å². The smallest absolute Gasteiger partial charge is 0.308 e. The van der Waals surface area contributed by atoms with Crippen molar-refractivity contribution in [3.05, 3.63) is 64.6 Å². The van der Waals surface area contributed by atoms with Crippen LogP contribution in [0.1, 0.15) is 41.9 Å². The average molecular weight is 435 g/mol. The van der Waals surface area contributed by atoms with Crippen LogP contribution >= 0.6 is 0 Å². The summed E-state index contributed by atoms with van der Waals surface area (Å²) >= 11 is 0. The molecule has 0 saturated heterocycles. The zero-order valence-corrected chi connectivity index (χ0v) is 20.1. The molecular formula is C27H36N3O2+. The molecule has 5 heteroatoms. The Labute approximate surface area is 191 Å². The Kier molecular flexibility index (Phi) is 6.38. The molecule has 1 aliphatic rings. The molecular weight excluding hydrogens is 398 g/mol. The SMILES string of the molecule is Cc1ccc2c(c1)c1c(n2CCc2ccc(C)nc2)CC[N+](C)(CCOC(=O)C(C)C)C1. The van der Waals surface area contributed by atoms with E-state index in [0.717, 1.165) is 49.2 Å². The molecule has 32 heavy (non-hydrogen) atoms. The molecule has 0 N–H and O–H groups in total. The highest BCUT2D eigenvalue weighted by Gasteiger charge is 2.33. The molecule has 0 radical (unpaired) electrons. The number of nitrogens with zero attached hydrogens (tertiary/aromatic N) is 3. The van der Waals surface area contributed by atoms with Crippen LogP contribution in [0.2, 0.25) is 0 Å². The van der Waals surface area contributed by atoms with Gasteiger partial charge < -0.3 is 13.8 Å². The van der Waals surface area contributed by atoms with Gasteiger partial charge in [-0.25, -0.2) is 0 Å². The van der Waals surface area contributed by atoms with Gasteiger partial charge in [-0.3, -0.25) is 9.78 Å². The molecule has 0 fully saturated rings. The molecule has 4 rings (SSSR count). The second-order valence-corrected chi connectivity index (χ2v) is 9.95. The fraction of sp³-hybridized carbons (Fsp3) is 0.481. The lowest BCUT2D eigenvalue weighted by Gasteiger charge is -2.38. The summed E-state index contributed by atoms with van der Waals surface area (Å²) in [4.78, 5) is 16.3. The van der Waals surface area contributed by atoms with Gasteiger partial charge in [0, 0.05) is 47.0 Å². The molecule has 170 valence electrons. The van der Waals surface area contributed by atoms with Crippen LogP contribution in [0.15, 0.2) is 36.5 Å². The monoisotopic (exact) mass is 434 g/mol. The number of quaternary nitrogens is 1. The minimum Gasteiger partial charge on any atom is -0.459 e. The number of ether oxygens (including phenoxy) is 1. The number of hydrogen-bond acceptors (Lipinski definition) is 3. The van der Waals surface area contributed by atoms with E-state index in [1.165, 1.54) is 33.3 Å². The molecule has 3 aromatic rings. The van der Waals surface area contributed by atoms with Crippen LogP contribution in [-0.2, 0) is 35.5 Å². The maximum absolute atomic E-state index is 11.9. The zero-order chi connectivity index (χ0) is 22.9. The lowest BCUT2D eigenvalue weighted by molar-refractivity contribution is -0.924.